The molecule has 0 saturated carbocycles. The molecule has 0 unspecified atom stereocenters. The lowest BCUT2D eigenvalue weighted by Gasteiger charge is -2.08. The molecule has 0 spiro atoms. The molecule has 1 aromatic carbocycles. The summed E-state index contributed by atoms with van der Waals surface area (Å²) in [5.41, 5.74) is 1.85. The van der Waals surface area contributed by atoms with Gasteiger partial charge in [0.1, 0.15) is 5.82 Å². The normalized spacial score (nSPS) is 10.5. The van der Waals surface area contributed by atoms with E-state index in [0.717, 1.165) is 5.56 Å². The second-order valence-corrected chi connectivity index (χ2v) is 4.57. The highest BCUT2D eigenvalue weighted by Gasteiger charge is 2.14. The number of carboxylic acids is 1. The van der Waals surface area contributed by atoms with Gasteiger partial charge in [0, 0.05) is 6.42 Å². The number of rotatable bonds is 3. The van der Waals surface area contributed by atoms with Crippen LogP contribution in [-0.4, -0.2) is 16.1 Å². The number of aromatic nitrogens is 1. The first-order chi connectivity index (χ1) is 8.97. The Kier molecular flexibility index (Phi) is 3.81. The lowest BCUT2D eigenvalue weighted by atomic mass is 10.0. The van der Waals surface area contributed by atoms with Crippen LogP contribution in [0.5, 0.6) is 0 Å². The van der Waals surface area contributed by atoms with Crippen LogP contribution in [0.4, 0.5) is 4.39 Å². The second kappa shape index (κ2) is 5.36. The number of carboxylic acid groups (broad SMARTS) is 1. The van der Waals surface area contributed by atoms with Gasteiger partial charge in [0.05, 0.1) is 22.0 Å². The smallest absolute Gasteiger partial charge is 0.337 e. The van der Waals surface area contributed by atoms with Crippen molar-refractivity contribution in [2.45, 2.75) is 13.3 Å². The van der Waals surface area contributed by atoms with Crippen molar-refractivity contribution in [2.75, 3.05) is 0 Å². The molecule has 1 aromatic heterocycles. The quantitative estimate of drug-likeness (QED) is 0.936. The highest BCUT2D eigenvalue weighted by atomic mass is 35.5. The first-order valence-corrected chi connectivity index (χ1v) is 5.99. The van der Waals surface area contributed by atoms with Crippen molar-refractivity contribution in [3.05, 3.63) is 63.7 Å². The molecular formula is C14H11ClFNO2. The van der Waals surface area contributed by atoms with Crippen molar-refractivity contribution in [3.63, 3.8) is 0 Å². The van der Waals surface area contributed by atoms with E-state index in [1.54, 1.807) is 19.1 Å². The fraction of sp³-hybridized carbons (Fsp3) is 0.143. The van der Waals surface area contributed by atoms with Gasteiger partial charge in [0.25, 0.3) is 0 Å². The maximum Gasteiger partial charge on any atom is 0.337 e. The first kappa shape index (κ1) is 13.5. The van der Waals surface area contributed by atoms with E-state index < -0.39 is 5.97 Å². The Bertz CT molecular complexity index is 626. The highest BCUT2D eigenvalue weighted by Crippen LogP contribution is 2.20. The Morgan fingerprint density at radius 3 is 2.58 bits per heavy atom. The number of aromatic carboxylic acids is 1. The lowest BCUT2D eigenvalue weighted by Crippen LogP contribution is -2.07. The molecule has 0 saturated heterocycles. The van der Waals surface area contributed by atoms with E-state index in [-0.39, 0.29) is 11.4 Å². The summed E-state index contributed by atoms with van der Waals surface area (Å²) >= 11 is 5.88. The summed E-state index contributed by atoms with van der Waals surface area (Å²) in [5.74, 6) is -1.41. The fourth-order valence-corrected chi connectivity index (χ4v) is 1.90. The number of carbonyl (C=O) groups is 1. The zero-order chi connectivity index (χ0) is 14.0. The zero-order valence-electron chi connectivity index (χ0n) is 10.2. The van der Waals surface area contributed by atoms with E-state index in [0.29, 0.717) is 22.8 Å². The molecule has 19 heavy (non-hydrogen) atoms. The van der Waals surface area contributed by atoms with Gasteiger partial charge in [-0.05, 0) is 30.7 Å². The minimum Gasteiger partial charge on any atom is -0.478 e. The van der Waals surface area contributed by atoms with Crippen LogP contribution in [-0.2, 0) is 6.42 Å². The summed E-state index contributed by atoms with van der Waals surface area (Å²) < 4.78 is 12.8. The van der Waals surface area contributed by atoms with E-state index in [4.69, 9.17) is 16.7 Å². The molecule has 0 amide bonds. The van der Waals surface area contributed by atoms with Crippen LogP contribution < -0.4 is 0 Å². The molecule has 0 radical (unpaired) electrons. The minimum atomic E-state index is -1.08. The largest absolute Gasteiger partial charge is 0.478 e. The number of halogens is 2. The number of pyridine rings is 1. The third kappa shape index (κ3) is 3.09. The van der Waals surface area contributed by atoms with Gasteiger partial charge in [-0.3, -0.25) is 4.98 Å². The van der Waals surface area contributed by atoms with Gasteiger partial charge < -0.3 is 5.11 Å². The summed E-state index contributed by atoms with van der Waals surface area (Å²) in [6, 6.07) is 7.27. The molecule has 1 N–H and O–H groups in total. The third-order valence-corrected chi connectivity index (χ3v) is 3.13. The number of nitrogens with zero attached hydrogens (tertiary/aromatic N) is 1. The summed E-state index contributed by atoms with van der Waals surface area (Å²) in [5, 5.41) is 9.46. The maximum absolute atomic E-state index is 12.8. The van der Waals surface area contributed by atoms with Crippen molar-refractivity contribution in [1.29, 1.82) is 0 Å². The topological polar surface area (TPSA) is 50.2 Å². The molecule has 0 aliphatic carbocycles. The van der Waals surface area contributed by atoms with Crippen molar-refractivity contribution in [1.82, 2.24) is 4.98 Å². The fourth-order valence-electron chi connectivity index (χ4n) is 1.75. The van der Waals surface area contributed by atoms with Gasteiger partial charge in [0.2, 0.25) is 0 Å². The van der Waals surface area contributed by atoms with Gasteiger partial charge in [-0.25, -0.2) is 9.18 Å². The third-order valence-electron chi connectivity index (χ3n) is 2.75. The maximum atomic E-state index is 12.8. The highest BCUT2D eigenvalue weighted by molar-refractivity contribution is 6.31. The van der Waals surface area contributed by atoms with Gasteiger partial charge in [-0.15, -0.1) is 0 Å². The molecule has 1 heterocycles. The molecule has 0 aliphatic heterocycles. The van der Waals surface area contributed by atoms with Crippen LogP contribution in [0, 0.1) is 12.7 Å². The molecule has 2 aromatic rings. The van der Waals surface area contributed by atoms with Gasteiger partial charge in [-0.1, -0.05) is 23.7 Å². The van der Waals surface area contributed by atoms with E-state index in [2.05, 4.69) is 4.98 Å². The van der Waals surface area contributed by atoms with E-state index >= 15 is 0 Å². The van der Waals surface area contributed by atoms with Crippen LogP contribution >= 0.6 is 11.6 Å². The summed E-state index contributed by atoms with van der Waals surface area (Å²) in [6.07, 6.45) is 0.319. The Hall–Kier alpha value is -1.94. The first-order valence-electron chi connectivity index (χ1n) is 5.61. The monoisotopic (exact) mass is 279 g/mol. The van der Waals surface area contributed by atoms with E-state index in [1.165, 1.54) is 18.2 Å². The molecule has 0 fully saturated rings. The number of aryl methyl sites for hydroxylation is 1. The lowest BCUT2D eigenvalue weighted by molar-refractivity contribution is 0.0695. The van der Waals surface area contributed by atoms with Crippen LogP contribution in [0.3, 0.4) is 0 Å². The van der Waals surface area contributed by atoms with Gasteiger partial charge >= 0.3 is 5.97 Å². The predicted molar refractivity (Wildman–Crippen MR) is 70.1 cm³/mol. The molecule has 0 bridgehead atoms. The summed E-state index contributed by atoms with van der Waals surface area (Å²) in [7, 11) is 0. The van der Waals surface area contributed by atoms with Crippen LogP contribution in [0.15, 0.2) is 30.3 Å². The standard InChI is InChI=1S/C14H11ClFNO2/c1-8-12(15)7-11(14(18)19)13(17-8)6-9-2-4-10(16)5-3-9/h2-5,7H,6H2,1H3,(H,18,19). The van der Waals surface area contributed by atoms with Crippen molar-refractivity contribution in [3.8, 4) is 0 Å². The Morgan fingerprint density at radius 1 is 1.37 bits per heavy atom. The Morgan fingerprint density at radius 2 is 2.00 bits per heavy atom. The Labute approximate surface area is 114 Å². The summed E-state index contributed by atoms with van der Waals surface area (Å²) in [4.78, 5) is 15.4. The molecule has 5 heteroatoms. The van der Waals surface area contributed by atoms with Crippen molar-refractivity contribution >= 4 is 17.6 Å². The SMILES string of the molecule is Cc1nc(Cc2ccc(F)cc2)c(C(=O)O)cc1Cl. The van der Waals surface area contributed by atoms with Gasteiger partial charge in [-0.2, -0.15) is 0 Å². The van der Waals surface area contributed by atoms with Crippen LogP contribution in [0.25, 0.3) is 0 Å². The average molecular weight is 280 g/mol. The molecule has 2 rings (SSSR count). The molecule has 3 nitrogen and oxygen atoms in total. The Balaban J connectivity index is 2.41. The predicted octanol–water partition coefficient (Wildman–Crippen LogP) is 3.47. The number of hydrogen-bond acceptors (Lipinski definition) is 2. The summed E-state index contributed by atoms with van der Waals surface area (Å²) in [6.45, 7) is 1.71. The molecule has 0 aliphatic rings. The second-order valence-electron chi connectivity index (χ2n) is 4.16. The zero-order valence-corrected chi connectivity index (χ0v) is 10.9. The average Bonchev–Trinajstić information content (AvgIpc) is 2.36. The van der Waals surface area contributed by atoms with Crippen molar-refractivity contribution in [2.24, 2.45) is 0 Å². The molecule has 98 valence electrons. The number of benzene rings is 1. The molecular weight excluding hydrogens is 269 g/mol. The van der Waals surface area contributed by atoms with Gasteiger partial charge in [0.15, 0.2) is 0 Å². The number of hydrogen-bond donors (Lipinski definition) is 1. The minimum absolute atomic E-state index is 0.0694. The van der Waals surface area contributed by atoms with Crippen molar-refractivity contribution < 1.29 is 14.3 Å². The van der Waals surface area contributed by atoms with Crippen LogP contribution in [0.1, 0.15) is 27.3 Å². The van der Waals surface area contributed by atoms with Crippen LogP contribution in [0.2, 0.25) is 5.02 Å². The molecule has 0 atom stereocenters. The van der Waals surface area contributed by atoms with E-state index in [1.807, 2.05) is 0 Å². The van der Waals surface area contributed by atoms with E-state index in [9.17, 15) is 9.18 Å².